The number of rotatable bonds is 6. The average molecular weight is 341 g/mol. The van der Waals surface area contributed by atoms with Crippen LogP contribution in [0.4, 0.5) is 10.2 Å². The van der Waals surface area contributed by atoms with E-state index in [1.54, 1.807) is 19.2 Å². The molecule has 0 unspecified atom stereocenters. The van der Waals surface area contributed by atoms with E-state index >= 15 is 0 Å². The molecular formula is C19H20FN3O2. The molecule has 0 aliphatic heterocycles. The Kier molecular flexibility index (Phi) is 4.97. The van der Waals surface area contributed by atoms with E-state index in [1.165, 1.54) is 6.07 Å². The van der Waals surface area contributed by atoms with Crippen LogP contribution in [0.2, 0.25) is 0 Å². The summed E-state index contributed by atoms with van der Waals surface area (Å²) in [5, 5.41) is 3.54. The molecule has 2 aromatic carbocycles. The summed E-state index contributed by atoms with van der Waals surface area (Å²) in [4.78, 5) is 8.63. The van der Waals surface area contributed by atoms with E-state index in [0.717, 1.165) is 11.3 Å². The molecular weight excluding hydrogens is 321 g/mol. The van der Waals surface area contributed by atoms with Gasteiger partial charge in [0.1, 0.15) is 17.4 Å². The van der Waals surface area contributed by atoms with Gasteiger partial charge in [0.2, 0.25) is 0 Å². The van der Waals surface area contributed by atoms with E-state index < -0.39 is 0 Å². The number of benzene rings is 2. The van der Waals surface area contributed by atoms with Gasteiger partial charge in [-0.25, -0.2) is 4.39 Å². The summed E-state index contributed by atoms with van der Waals surface area (Å²) >= 11 is 0. The molecule has 3 aromatic rings. The van der Waals surface area contributed by atoms with Gasteiger partial charge in [-0.3, -0.25) is 0 Å². The predicted molar refractivity (Wildman–Crippen MR) is 95.6 cm³/mol. The zero-order chi connectivity index (χ0) is 17.8. The summed E-state index contributed by atoms with van der Waals surface area (Å²) in [6, 6.07) is 12.6. The zero-order valence-electron chi connectivity index (χ0n) is 14.4. The van der Waals surface area contributed by atoms with Gasteiger partial charge in [-0.1, -0.05) is 18.2 Å². The van der Waals surface area contributed by atoms with Gasteiger partial charge in [0.15, 0.2) is 0 Å². The first kappa shape index (κ1) is 17.0. The number of hydrogen-bond donors (Lipinski definition) is 1. The Morgan fingerprint density at radius 2 is 1.84 bits per heavy atom. The van der Waals surface area contributed by atoms with Crippen LogP contribution in [-0.4, -0.2) is 23.2 Å². The van der Waals surface area contributed by atoms with E-state index in [9.17, 15) is 4.39 Å². The summed E-state index contributed by atoms with van der Waals surface area (Å²) in [5.41, 5.74) is 1.53. The Bertz CT molecular complexity index is 866. The quantitative estimate of drug-likeness (QED) is 0.729. The maximum Gasteiger partial charge on any atom is 0.319 e. The molecule has 0 saturated heterocycles. The Labute approximate surface area is 145 Å². The van der Waals surface area contributed by atoms with Crippen LogP contribution < -0.4 is 14.8 Å². The maximum absolute atomic E-state index is 14.3. The highest BCUT2D eigenvalue weighted by Gasteiger charge is 2.13. The minimum absolute atomic E-state index is 0.0690. The second-order valence-corrected chi connectivity index (χ2v) is 5.86. The Morgan fingerprint density at radius 1 is 1.08 bits per heavy atom. The molecule has 0 aliphatic carbocycles. The number of nitrogens with one attached hydrogen (secondary N) is 1. The lowest BCUT2D eigenvalue weighted by atomic mass is 10.2. The van der Waals surface area contributed by atoms with E-state index in [0.29, 0.717) is 23.3 Å². The molecule has 130 valence electrons. The topological polar surface area (TPSA) is 56.3 Å². The zero-order valence-corrected chi connectivity index (χ0v) is 14.4. The fourth-order valence-electron chi connectivity index (χ4n) is 2.44. The average Bonchev–Trinajstić information content (AvgIpc) is 2.59. The van der Waals surface area contributed by atoms with Crippen molar-refractivity contribution < 1.29 is 13.9 Å². The van der Waals surface area contributed by atoms with Crippen molar-refractivity contribution in [1.29, 1.82) is 0 Å². The summed E-state index contributed by atoms with van der Waals surface area (Å²) in [6.07, 6.45) is -0.0690. The molecule has 0 amide bonds. The first-order valence-electron chi connectivity index (χ1n) is 8.06. The molecule has 25 heavy (non-hydrogen) atoms. The number of methoxy groups -OCH3 is 1. The SMILES string of the molecule is COc1ccc(CNc2nc(OC(C)C)nc3cccc(F)c23)cc1. The molecule has 0 aliphatic rings. The number of aromatic nitrogens is 2. The first-order chi connectivity index (χ1) is 12.1. The van der Waals surface area contributed by atoms with E-state index in [4.69, 9.17) is 9.47 Å². The molecule has 1 heterocycles. The smallest absolute Gasteiger partial charge is 0.319 e. The van der Waals surface area contributed by atoms with Crippen LogP contribution in [0.3, 0.4) is 0 Å². The summed E-state index contributed by atoms with van der Waals surface area (Å²) in [6.45, 7) is 4.28. The lowest BCUT2D eigenvalue weighted by Crippen LogP contribution is -2.11. The van der Waals surface area contributed by atoms with Crippen molar-refractivity contribution in [3.8, 4) is 11.8 Å². The monoisotopic (exact) mass is 341 g/mol. The van der Waals surface area contributed by atoms with Gasteiger partial charge in [0.25, 0.3) is 0 Å². The standard InChI is InChI=1S/C19H20FN3O2/c1-12(2)25-19-22-16-6-4-5-15(20)17(16)18(23-19)21-11-13-7-9-14(24-3)10-8-13/h4-10,12H,11H2,1-3H3,(H,21,22,23). The van der Waals surface area contributed by atoms with E-state index in [2.05, 4.69) is 15.3 Å². The normalized spacial score (nSPS) is 10.9. The third-order valence-electron chi connectivity index (χ3n) is 3.61. The number of anilines is 1. The van der Waals surface area contributed by atoms with Crippen molar-refractivity contribution in [2.45, 2.75) is 26.5 Å². The number of ether oxygens (including phenoxy) is 2. The van der Waals surface area contributed by atoms with Crippen molar-refractivity contribution in [3.63, 3.8) is 0 Å². The lowest BCUT2D eigenvalue weighted by Gasteiger charge is -2.13. The molecule has 5 nitrogen and oxygen atoms in total. The van der Waals surface area contributed by atoms with Crippen LogP contribution >= 0.6 is 0 Å². The molecule has 6 heteroatoms. The molecule has 1 N–H and O–H groups in total. The first-order valence-corrected chi connectivity index (χ1v) is 8.06. The summed E-state index contributed by atoms with van der Waals surface area (Å²) < 4.78 is 25.0. The molecule has 0 saturated carbocycles. The van der Waals surface area contributed by atoms with Crippen LogP contribution in [-0.2, 0) is 6.54 Å². The maximum atomic E-state index is 14.3. The summed E-state index contributed by atoms with van der Waals surface area (Å²) in [5.74, 6) is 0.829. The molecule has 0 fully saturated rings. The lowest BCUT2D eigenvalue weighted by molar-refractivity contribution is 0.223. The molecule has 0 atom stereocenters. The van der Waals surface area contributed by atoms with Crippen LogP contribution in [0.25, 0.3) is 10.9 Å². The Hall–Kier alpha value is -2.89. The number of halogens is 1. The minimum Gasteiger partial charge on any atom is -0.497 e. The Morgan fingerprint density at radius 3 is 2.52 bits per heavy atom. The second kappa shape index (κ2) is 7.34. The molecule has 0 radical (unpaired) electrons. The van der Waals surface area contributed by atoms with Crippen molar-refractivity contribution in [3.05, 3.63) is 53.8 Å². The van der Waals surface area contributed by atoms with Crippen molar-refractivity contribution in [2.24, 2.45) is 0 Å². The van der Waals surface area contributed by atoms with Crippen molar-refractivity contribution >= 4 is 16.7 Å². The highest BCUT2D eigenvalue weighted by Crippen LogP contribution is 2.26. The van der Waals surface area contributed by atoms with Gasteiger partial charge in [-0.05, 0) is 43.7 Å². The van der Waals surface area contributed by atoms with E-state index in [1.807, 2.05) is 38.1 Å². The summed E-state index contributed by atoms with van der Waals surface area (Å²) in [7, 11) is 1.62. The number of hydrogen-bond acceptors (Lipinski definition) is 5. The van der Waals surface area contributed by atoms with Gasteiger partial charge in [-0.15, -0.1) is 0 Å². The third-order valence-corrected chi connectivity index (χ3v) is 3.61. The highest BCUT2D eigenvalue weighted by atomic mass is 19.1. The largest absolute Gasteiger partial charge is 0.497 e. The fourth-order valence-corrected chi connectivity index (χ4v) is 2.44. The highest BCUT2D eigenvalue weighted by molar-refractivity contribution is 5.89. The van der Waals surface area contributed by atoms with Crippen LogP contribution in [0.1, 0.15) is 19.4 Å². The predicted octanol–water partition coefficient (Wildman–Crippen LogP) is 4.18. The Balaban J connectivity index is 1.92. The fraction of sp³-hybridized carbons (Fsp3) is 0.263. The van der Waals surface area contributed by atoms with Gasteiger partial charge >= 0.3 is 6.01 Å². The van der Waals surface area contributed by atoms with Gasteiger partial charge < -0.3 is 14.8 Å². The van der Waals surface area contributed by atoms with Crippen molar-refractivity contribution in [2.75, 3.05) is 12.4 Å². The number of fused-ring (bicyclic) bond motifs is 1. The number of nitrogens with zero attached hydrogens (tertiary/aromatic N) is 2. The van der Waals surface area contributed by atoms with Crippen molar-refractivity contribution in [1.82, 2.24) is 9.97 Å². The molecule has 0 spiro atoms. The van der Waals surface area contributed by atoms with E-state index in [-0.39, 0.29) is 17.9 Å². The second-order valence-electron chi connectivity index (χ2n) is 5.86. The van der Waals surface area contributed by atoms with Gasteiger partial charge in [-0.2, -0.15) is 9.97 Å². The molecule has 1 aromatic heterocycles. The van der Waals surface area contributed by atoms with Crippen LogP contribution in [0, 0.1) is 5.82 Å². The van der Waals surface area contributed by atoms with Gasteiger partial charge in [0, 0.05) is 6.54 Å². The van der Waals surface area contributed by atoms with Crippen LogP contribution in [0.15, 0.2) is 42.5 Å². The van der Waals surface area contributed by atoms with Crippen LogP contribution in [0.5, 0.6) is 11.8 Å². The molecule has 0 bridgehead atoms. The molecule has 3 rings (SSSR count). The third kappa shape index (κ3) is 3.96. The minimum atomic E-state index is -0.370. The van der Waals surface area contributed by atoms with Gasteiger partial charge in [0.05, 0.1) is 24.1 Å².